The molecule has 0 aliphatic rings. The van der Waals surface area contributed by atoms with Gasteiger partial charge in [-0.2, -0.15) is 9.97 Å². The van der Waals surface area contributed by atoms with Gasteiger partial charge < -0.3 is 30.4 Å². The maximum absolute atomic E-state index is 11.7. The normalized spacial score (nSPS) is 11.2. The third kappa shape index (κ3) is 5.06. The van der Waals surface area contributed by atoms with Crippen LogP contribution in [-0.2, 0) is 11.3 Å². The molecule has 5 aromatic rings. The first-order valence-electron chi connectivity index (χ1n) is 11.6. The van der Waals surface area contributed by atoms with Gasteiger partial charge in [0.15, 0.2) is 0 Å². The highest BCUT2D eigenvalue weighted by Gasteiger charge is 2.11. The van der Waals surface area contributed by atoms with Gasteiger partial charge in [-0.05, 0) is 68.7 Å². The van der Waals surface area contributed by atoms with Crippen molar-refractivity contribution in [1.29, 1.82) is 0 Å². The third-order valence-electron chi connectivity index (χ3n) is 5.81. The van der Waals surface area contributed by atoms with Crippen LogP contribution in [0.3, 0.4) is 0 Å². The zero-order valence-electron chi connectivity index (χ0n) is 20.2. The molecule has 182 valence electrons. The Labute approximate surface area is 208 Å². The van der Waals surface area contributed by atoms with Crippen LogP contribution in [0.1, 0.15) is 0 Å². The number of amides is 1. The van der Waals surface area contributed by atoms with E-state index in [2.05, 4.69) is 80.5 Å². The predicted molar refractivity (Wildman–Crippen MR) is 146 cm³/mol. The molecule has 9 heteroatoms. The van der Waals surface area contributed by atoms with Gasteiger partial charge in [0.25, 0.3) is 0 Å². The lowest BCUT2D eigenvalue weighted by molar-refractivity contribution is -0.111. The van der Waals surface area contributed by atoms with Crippen molar-refractivity contribution in [2.75, 3.05) is 36.6 Å². The molecule has 0 atom stereocenters. The van der Waals surface area contributed by atoms with Crippen molar-refractivity contribution in [2.45, 2.75) is 6.54 Å². The number of benzene rings is 2. The molecule has 3 heterocycles. The summed E-state index contributed by atoms with van der Waals surface area (Å²) in [5.74, 6) is 0.848. The number of nitrogens with zero attached hydrogens (tertiary/aromatic N) is 4. The molecular formula is C27H28N8O. The minimum atomic E-state index is -0.265. The topological polar surface area (TPSA) is 103 Å². The molecule has 0 bridgehead atoms. The molecule has 1 amide bonds. The zero-order chi connectivity index (χ0) is 25.1. The maximum atomic E-state index is 11.7. The monoisotopic (exact) mass is 480 g/mol. The first-order valence-corrected chi connectivity index (χ1v) is 11.6. The van der Waals surface area contributed by atoms with Crippen molar-refractivity contribution in [3.05, 3.63) is 79.6 Å². The predicted octanol–water partition coefficient (Wildman–Crippen LogP) is 5.09. The molecule has 0 fully saturated rings. The van der Waals surface area contributed by atoms with Gasteiger partial charge in [-0.15, -0.1) is 0 Å². The molecule has 0 aliphatic carbocycles. The van der Waals surface area contributed by atoms with Crippen molar-refractivity contribution >= 4 is 56.7 Å². The van der Waals surface area contributed by atoms with E-state index in [-0.39, 0.29) is 5.91 Å². The number of H-pyrrole nitrogens is 1. The highest BCUT2D eigenvalue weighted by atomic mass is 16.1. The van der Waals surface area contributed by atoms with E-state index in [4.69, 9.17) is 4.98 Å². The lowest BCUT2D eigenvalue weighted by Gasteiger charge is -2.12. The molecule has 2 aromatic carbocycles. The van der Waals surface area contributed by atoms with E-state index in [1.54, 1.807) is 0 Å². The average molecular weight is 481 g/mol. The van der Waals surface area contributed by atoms with Gasteiger partial charge in [0.1, 0.15) is 11.5 Å². The largest absolute Gasteiger partial charge is 0.346 e. The second kappa shape index (κ2) is 9.93. The number of nitrogens with one attached hydrogen (secondary N) is 4. The summed E-state index contributed by atoms with van der Waals surface area (Å²) in [4.78, 5) is 26.4. The Bertz CT molecular complexity index is 1550. The molecule has 5 rings (SSSR count). The van der Waals surface area contributed by atoms with Crippen LogP contribution >= 0.6 is 0 Å². The van der Waals surface area contributed by atoms with Crippen LogP contribution in [0.25, 0.3) is 21.9 Å². The van der Waals surface area contributed by atoms with Gasteiger partial charge in [-0.1, -0.05) is 12.6 Å². The van der Waals surface area contributed by atoms with E-state index >= 15 is 0 Å². The standard InChI is InChI=1S/C27H28N8O/c1-4-24(36)29-19-6-5-7-20(17-19)30-26-22-10-12-28-25(22)32-27(33-26)31-21-8-9-23-18(16-21)11-13-35(23)15-14-34(2)3/h4-13,16-17H,1,14-15H2,2-3H3,(H,29,36)(H3,28,30,31,32,33). The second-order valence-electron chi connectivity index (χ2n) is 8.75. The number of carbonyl (C=O) groups excluding carboxylic acids is 1. The van der Waals surface area contributed by atoms with E-state index in [1.807, 2.05) is 42.6 Å². The van der Waals surface area contributed by atoms with Crippen molar-refractivity contribution in [3.63, 3.8) is 0 Å². The van der Waals surface area contributed by atoms with E-state index in [0.717, 1.165) is 35.2 Å². The molecule has 9 nitrogen and oxygen atoms in total. The molecule has 36 heavy (non-hydrogen) atoms. The van der Waals surface area contributed by atoms with Crippen LogP contribution < -0.4 is 16.0 Å². The Kier molecular flexibility index (Phi) is 6.38. The van der Waals surface area contributed by atoms with Gasteiger partial charge in [0.2, 0.25) is 11.9 Å². The maximum Gasteiger partial charge on any atom is 0.247 e. The lowest BCUT2D eigenvalue weighted by atomic mass is 10.2. The second-order valence-corrected chi connectivity index (χ2v) is 8.75. The number of hydrogen-bond acceptors (Lipinski definition) is 6. The summed E-state index contributed by atoms with van der Waals surface area (Å²) in [5.41, 5.74) is 4.24. The Morgan fingerprint density at radius 1 is 1.06 bits per heavy atom. The first kappa shape index (κ1) is 23.1. The smallest absolute Gasteiger partial charge is 0.247 e. The van der Waals surface area contributed by atoms with Gasteiger partial charge in [-0.3, -0.25) is 4.79 Å². The molecular weight excluding hydrogens is 452 g/mol. The van der Waals surface area contributed by atoms with Crippen LogP contribution in [0.4, 0.5) is 28.8 Å². The number of hydrogen-bond donors (Lipinski definition) is 4. The van der Waals surface area contributed by atoms with Crippen molar-refractivity contribution < 1.29 is 4.79 Å². The Morgan fingerprint density at radius 3 is 2.72 bits per heavy atom. The summed E-state index contributed by atoms with van der Waals surface area (Å²) < 4.78 is 2.26. The quantitative estimate of drug-likeness (QED) is 0.219. The number of rotatable bonds is 9. The lowest BCUT2D eigenvalue weighted by Crippen LogP contribution is -2.17. The highest BCUT2D eigenvalue weighted by Crippen LogP contribution is 2.28. The minimum Gasteiger partial charge on any atom is -0.346 e. The summed E-state index contributed by atoms with van der Waals surface area (Å²) in [6, 6.07) is 17.7. The number of carbonyl (C=O) groups is 1. The van der Waals surface area contributed by atoms with E-state index in [0.29, 0.717) is 23.1 Å². The van der Waals surface area contributed by atoms with E-state index in [1.165, 1.54) is 11.6 Å². The summed E-state index contributed by atoms with van der Waals surface area (Å²) in [5, 5.41) is 11.5. The van der Waals surface area contributed by atoms with Crippen LogP contribution in [-0.4, -0.2) is 51.0 Å². The van der Waals surface area contributed by atoms with Crippen molar-refractivity contribution in [1.82, 2.24) is 24.4 Å². The van der Waals surface area contributed by atoms with Gasteiger partial charge in [0, 0.05) is 53.4 Å². The molecule has 0 aliphatic heterocycles. The molecule has 4 N–H and O–H groups in total. The zero-order valence-corrected chi connectivity index (χ0v) is 20.2. The number of anilines is 5. The van der Waals surface area contributed by atoms with Crippen LogP contribution in [0, 0.1) is 0 Å². The van der Waals surface area contributed by atoms with E-state index < -0.39 is 0 Å². The summed E-state index contributed by atoms with van der Waals surface area (Å²) in [6.07, 6.45) is 5.19. The Morgan fingerprint density at radius 2 is 1.89 bits per heavy atom. The number of aromatic amines is 1. The third-order valence-corrected chi connectivity index (χ3v) is 5.81. The fraction of sp³-hybridized carbons (Fsp3) is 0.148. The molecule has 0 spiro atoms. The average Bonchev–Trinajstić information content (AvgIpc) is 3.49. The van der Waals surface area contributed by atoms with E-state index in [9.17, 15) is 4.79 Å². The summed E-state index contributed by atoms with van der Waals surface area (Å²) >= 11 is 0. The molecule has 3 aromatic heterocycles. The fourth-order valence-electron chi connectivity index (χ4n) is 4.01. The highest BCUT2D eigenvalue weighted by molar-refractivity contribution is 5.99. The van der Waals surface area contributed by atoms with Crippen molar-refractivity contribution in [2.24, 2.45) is 0 Å². The molecule has 0 saturated carbocycles. The Hall–Kier alpha value is -4.63. The summed E-state index contributed by atoms with van der Waals surface area (Å²) in [7, 11) is 4.16. The minimum absolute atomic E-state index is 0.265. The number of fused-ring (bicyclic) bond motifs is 2. The van der Waals surface area contributed by atoms with Gasteiger partial charge >= 0.3 is 0 Å². The molecule has 0 radical (unpaired) electrons. The van der Waals surface area contributed by atoms with Crippen LogP contribution in [0.15, 0.2) is 79.6 Å². The summed E-state index contributed by atoms with van der Waals surface area (Å²) in [6.45, 7) is 5.41. The van der Waals surface area contributed by atoms with Crippen LogP contribution in [0.2, 0.25) is 0 Å². The number of likely N-dealkylation sites (N-methyl/N-ethyl adjacent to an activating group) is 1. The molecule has 0 unspecified atom stereocenters. The Balaban J connectivity index is 1.40. The SMILES string of the molecule is C=CC(=O)Nc1cccc(Nc2nc(Nc3ccc4c(ccn4CCN(C)C)c3)nc3[nH]ccc23)c1. The number of aromatic nitrogens is 4. The van der Waals surface area contributed by atoms with Gasteiger partial charge in [0.05, 0.1) is 5.39 Å². The van der Waals surface area contributed by atoms with Crippen molar-refractivity contribution in [3.8, 4) is 0 Å². The van der Waals surface area contributed by atoms with Gasteiger partial charge in [-0.25, -0.2) is 0 Å². The molecule has 0 saturated heterocycles. The first-order chi connectivity index (χ1) is 17.5. The van der Waals surface area contributed by atoms with Crippen LogP contribution in [0.5, 0.6) is 0 Å². The fourth-order valence-corrected chi connectivity index (χ4v) is 4.01.